The lowest BCUT2D eigenvalue weighted by Crippen LogP contribution is -2.47. The van der Waals surface area contributed by atoms with Crippen molar-refractivity contribution in [1.82, 2.24) is 10.6 Å². The zero-order valence-electron chi connectivity index (χ0n) is 30.0. The predicted molar refractivity (Wildman–Crippen MR) is 190 cm³/mol. The topological polar surface area (TPSA) is 142 Å². The number of amides is 2. The minimum atomic E-state index is -1.38. The number of nitrogens with one attached hydrogen (secondary N) is 2. The fraction of sp³-hybridized carbons (Fsp3) is 0.842. The zero-order chi connectivity index (χ0) is 34.8. The van der Waals surface area contributed by atoms with Gasteiger partial charge in [-0.25, -0.2) is 4.79 Å². The minimum Gasteiger partial charge on any atom is -0.480 e. The molecule has 0 saturated carbocycles. The number of aliphatic hydroxyl groups is 1. The van der Waals surface area contributed by atoms with Crippen LogP contribution in [-0.4, -0.2) is 59.3 Å². The summed E-state index contributed by atoms with van der Waals surface area (Å²) in [5.41, 5.74) is 0. The van der Waals surface area contributed by atoms with Crippen LogP contribution >= 0.6 is 0 Å². The molecule has 2 atom stereocenters. The van der Waals surface area contributed by atoms with Crippen molar-refractivity contribution in [3.63, 3.8) is 0 Å². The number of carbonyl (C=O) groups excluding carboxylic acids is 3. The lowest BCUT2D eigenvalue weighted by molar-refractivity contribution is -0.150. The van der Waals surface area contributed by atoms with E-state index in [9.17, 15) is 19.2 Å². The van der Waals surface area contributed by atoms with Gasteiger partial charge in [0, 0.05) is 12.8 Å². The normalized spacial score (nSPS) is 12.6. The summed E-state index contributed by atoms with van der Waals surface area (Å²) in [6.07, 6.45) is 32.4. The molecule has 0 spiro atoms. The Morgan fingerprint density at radius 3 is 1.60 bits per heavy atom. The maximum absolute atomic E-state index is 12.6. The SMILES string of the molecule is CCCCCCC/C=C\CCCCCCCC(=O)OC(CCCCCCCC)CCCCCCC(=O)NCC(=O)NC(CO)C(=O)O. The van der Waals surface area contributed by atoms with Gasteiger partial charge in [0.2, 0.25) is 11.8 Å². The molecule has 9 heteroatoms. The molecule has 47 heavy (non-hydrogen) atoms. The quantitative estimate of drug-likeness (QED) is 0.0307. The Morgan fingerprint density at radius 1 is 0.617 bits per heavy atom. The average Bonchev–Trinajstić information content (AvgIpc) is 3.05. The second-order valence-corrected chi connectivity index (χ2v) is 13.0. The summed E-state index contributed by atoms with van der Waals surface area (Å²) in [7, 11) is 0. The van der Waals surface area contributed by atoms with Crippen LogP contribution < -0.4 is 10.6 Å². The number of carbonyl (C=O) groups is 4. The third-order valence-electron chi connectivity index (χ3n) is 8.51. The monoisotopic (exact) mass is 667 g/mol. The Hall–Kier alpha value is -2.42. The van der Waals surface area contributed by atoms with Crippen molar-refractivity contribution >= 4 is 23.8 Å². The highest BCUT2D eigenvalue weighted by molar-refractivity contribution is 5.87. The molecule has 0 saturated heterocycles. The number of unbranched alkanes of at least 4 members (excludes halogenated alkanes) is 18. The maximum Gasteiger partial charge on any atom is 0.328 e. The highest BCUT2D eigenvalue weighted by atomic mass is 16.5. The Bertz CT molecular complexity index is 818. The number of hydrogen-bond acceptors (Lipinski definition) is 6. The molecule has 0 aliphatic rings. The van der Waals surface area contributed by atoms with Gasteiger partial charge in [-0.1, -0.05) is 116 Å². The molecule has 0 aromatic rings. The van der Waals surface area contributed by atoms with E-state index in [4.69, 9.17) is 14.9 Å². The van der Waals surface area contributed by atoms with Gasteiger partial charge in [-0.15, -0.1) is 0 Å². The van der Waals surface area contributed by atoms with Crippen LogP contribution in [0.3, 0.4) is 0 Å². The van der Waals surface area contributed by atoms with Crippen LogP contribution in [0.2, 0.25) is 0 Å². The van der Waals surface area contributed by atoms with Gasteiger partial charge in [0.05, 0.1) is 13.2 Å². The van der Waals surface area contributed by atoms with Crippen LogP contribution in [0.25, 0.3) is 0 Å². The standard InChI is InChI=1S/C38H70N2O7/c1-3-5-7-9-11-12-13-14-15-16-17-18-20-26-30-37(44)47-33(27-23-19-10-8-6-4-2)28-24-21-22-25-29-35(42)39-31-36(43)40-34(32-41)38(45)46/h13-14,33-34,41H,3-12,15-32H2,1-2H3,(H,39,42)(H,40,43)(H,45,46)/b14-13-. The molecule has 0 bridgehead atoms. The molecule has 4 N–H and O–H groups in total. The molecule has 0 radical (unpaired) electrons. The van der Waals surface area contributed by atoms with Crippen LogP contribution in [0.15, 0.2) is 12.2 Å². The van der Waals surface area contributed by atoms with E-state index in [1.165, 1.54) is 89.9 Å². The number of ether oxygens (including phenoxy) is 1. The van der Waals surface area contributed by atoms with Gasteiger partial charge in [-0.2, -0.15) is 0 Å². The molecule has 9 nitrogen and oxygen atoms in total. The van der Waals surface area contributed by atoms with Crippen LogP contribution in [0, 0.1) is 0 Å². The summed E-state index contributed by atoms with van der Waals surface area (Å²) in [4.78, 5) is 47.3. The Kier molecular flexibility index (Phi) is 31.8. The molecule has 0 aromatic heterocycles. The van der Waals surface area contributed by atoms with Crippen LogP contribution in [0.5, 0.6) is 0 Å². The fourth-order valence-electron chi connectivity index (χ4n) is 5.53. The summed E-state index contributed by atoms with van der Waals surface area (Å²) in [5, 5.41) is 22.5. The molecule has 0 aliphatic carbocycles. The van der Waals surface area contributed by atoms with Gasteiger partial charge < -0.3 is 25.6 Å². The van der Waals surface area contributed by atoms with Crippen molar-refractivity contribution in [2.45, 2.75) is 193 Å². The molecule has 0 heterocycles. The molecule has 2 amide bonds. The van der Waals surface area contributed by atoms with E-state index in [1.807, 2.05) is 0 Å². The Labute approximate surface area is 286 Å². The first-order valence-corrected chi connectivity index (χ1v) is 19.1. The summed E-state index contributed by atoms with van der Waals surface area (Å²) in [6.45, 7) is 3.42. The zero-order valence-corrected chi connectivity index (χ0v) is 30.0. The smallest absolute Gasteiger partial charge is 0.328 e. The number of carboxylic acids is 1. The van der Waals surface area contributed by atoms with Crippen LogP contribution in [0.1, 0.15) is 181 Å². The summed E-state index contributed by atoms with van der Waals surface area (Å²) < 4.78 is 5.94. The second-order valence-electron chi connectivity index (χ2n) is 13.0. The molecular weight excluding hydrogens is 596 g/mol. The number of esters is 1. The third-order valence-corrected chi connectivity index (χ3v) is 8.51. The molecule has 2 unspecified atom stereocenters. The second kappa shape index (κ2) is 33.5. The number of hydrogen-bond donors (Lipinski definition) is 4. The highest BCUT2D eigenvalue weighted by Gasteiger charge is 2.19. The largest absolute Gasteiger partial charge is 0.480 e. The molecular formula is C38H70N2O7. The summed E-state index contributed by atoms with van der Waals surface area (Å²) in [6, 6.07) is -1.38. The third kappa shape index (κ3) is 30.7. The van der Waals surface area contributed by atoms with E-state index in [-0.39, 0.29) is 30.9 Å². The number of aliphatic carboxylic acids is 1. The molecule has 0 aromatic carbocycles. The van der Waals surface area contributed by atoms with Crippen molar-refractivity contribution in [3.8, 4) is 0 Å². The van der Waals surface area contributed by atoms with Crippen molar-refractivity contribution in [3.05, 3.63) is 12.2 Å². The van der Waals surface area contributed by atoms with Crippen molar-refractivity contribution < 1.29 is 34.1 Å². The first-order chi connectivity index (χ1) is 22.8. The lowest BCUT2D eigenvalue weighted by atomic mass is 10.0. The minimum absolute atomic E-state index is 0.0394. The van der Waals surface area contributed by atoms with E-state index >= 15 is 0 Å². The first-order valence-electron chi connectivity index (χ1n) is 19.1. The van der Waals surface area contributed by atoms with Gasteiger partial charge >= 0.3 is 11.9 Å². The highest BCUT2D eigenvalue weighted by Crippen LogP contribution is 2.18. The van der Waals surface area contributed by atoms with Crippen LogP contribution in [0.4, 0.5) is 0 Å². The molecule has 274 valence electrons. The number of carboxylic acid groups (broad SMARTS) is 1. The maximum atomic E-state index is 12.6. The van der Waals surface area contributed by atoms with Crippen molar-refractivity contribution in [1.29, 1.82) is 0 Å². The van der Waals surface area contributed by atoms with Crippen LogP contribution in [-0.2, 0) is 23.9 Å². The van der Waals surface area contributed by atoms with Crippen molar-refractivity contribution in [2.75, 3.05) is 13.2 Å². The lowest BCUT2D eigenvalue weighted by Gasteiger charge is -2.18. The Morgan fingerprint density at radius 2 is 1.09 bits per heavy atom. The van der Waals surface area contributed by atoms with Crippen molar-refractivity contribution in [2.24, 2.45) is 0 Å². The van der Waals surface area contributed by atoms with Gasteiger partial charge in [0.1, 0.15) is 12.1 Å². The average molecular weight is 667 g/mol. The van der Waals surface area contributed by atoms with Gasteiger partial charge in [0.15, 0.2) is 0 Å². The molecule has 0 fully saturated rings. The van der Waals surface area contributed by atoms with E-state index in [2.05, 4.69) is 36.6 Å². The number of rotatable bonds is 34. The van der Waals surface area contributed by atoms with E-state index in [0.29, 0.717) is 12.8 Å². The molecule has 0 aliphatic heterocycles. The van der Waals surface area contributed by atoms with E-state index in [1.54, 1.807) is 0 Å². The summed E-state index contributed by atoms with van der Waals surface area (Å²) in [5.74, 6) is -2.34. The van der Waals surface area contributed by atoms with E-state index in [0.717, 1.165) is 57.8 Å². The van der Waals surface area contributed by atoms with Gasteiger partial charge in [-0.3, -0.25) is 14.4 Å². The van der Waals surface area contributed by atoms with E-state index < -0.39 is 24.5 Å². The summed E-state index contributed by atoms with van der Waals surface area (Å²) >= 11 is 0. The first kappa shape index (κ1) is 44.6. The predicted octanol–water partition coefficient (Wildman–Crippen LogP) is 8.31. The van der Waals surface area contributed by atoms with Gasteiger partial charge in [0.25, 0.3) is 0 Å². The number of allylic oxidation sites excluding steroid dienone is 2. The number of aliphatic hydroxyl groups excluding tert-OH is 1. The van der Waals surface area contributed by atoms with Gasteiger partial charge in [-0.05, 0) is 64.2 Å². The molecule has 0 rings (SSSR count). The Balaban J connectivity index is 4.17. The fourth-order valence-corrected chi connectivity index (χ4v) is 5.53.